The molecule has 1 aromatic rings. The van der Waals surface area contributed by atoms with Gasteiger partial charge in [-0.1, -0.05) is 35.0 Å². The van der Waals surface area contributed by atoms with Crippen molar-refractivity contribution in [3.63, 3.8) is 0 Å². The number of carbonyl (C=O) groups is 1. The Balaban J connectivity index is 2.97. The maximum atomic E-state index is 11.1. The lowest BCUT2D eigenvalue weighted by atomic mass is 10.0. The van der Waals surface area contributed by atoms with Crippen molar-refractivity contribution in [2.24, 2.45) is 0 Å². The number of methoxy groups -OCH3 is 1. The molecule has 15 heavy (non-hydrogen) atoms. The summed E-state index contributed by atoms with van der Waals surface area (Å²) in [6.07, 6.45) is 2.33. The Morgan fingerprint density at radius 2 is 2.00 bits per heavy atom. The molecule has 0 radical (unpaired) electrons. The van der Waals surface area contributed by atoms with E-state index in [2.05, 4.69) is 20.7 Å². The quantitative estimate of drug-likeness (QED) is 0.620. The fourth-order valence-corrected chi connectivity index (χ4v) is 1.52. The number of rotatable bonds is 3. The average Bonchev–Trinajstić information content (AvgIpc) is 2.27. The third kappa shape index (κ3) is 3.51. The minimum Gasteiger partial charge on any atom is -0.466 e. The molecule has 0 aliphatic carbocycles. The summed E-state index contributed by atoms with van der Waals surface area (Å²) in [6, 6.07) is 7.86. The van der Waals surface area contributed by atoms with Crippen LogP contribution in [0.5, 0.6) is 0 Å². The molecule has 0 aliphatic rings. The van der Waals surface area contributed by atoms with Crippen molar-refractivity contribution < 1.29 is 9.53 Å². The molecular weight excluding hydrogens is 256 g/mol. The molecule has 1 aromatic carbocycles. The van der Waals surface area contributed by atoms with E-state index in [9.17, 15) is 4.79 Å². The van der Waals surface area contributed by atoms with Crippen molar-refractivity contribution in [2.75, 3.05) is 7.11 Å². The van der Waals surface area contributed by atoms with Crippen LogP contribution in [0.15, 0.2) is 34.8 Å². The monoisotopic (exact) mass is 268 g/mol. The van der Waals surface area contributed by atoms with Crippen LogP contribution in [0, 0.1) is 0 Å². The minimum absolute atomic E-state index is 0.310. The summed E-state index contributed by atoms with van der Waals surface area (Å²) in [6.45, 7) is 2.01. The van der Waals surface area contributed by atoms with Crippen LogP contribution in [0.4, 0.5) is 0 Å². The molecule has 80 valence electrons. The van der Waals surface area contributed by atoms with Crippen LogP contribution >= 0.6 is 15.9 Å². The van der Waals surface area contributed by atoms with Crippen LogP contribution in [0.1, 0.15) is 18.9 Å². The van der Waals surface area contributed by atoms with Gasteiger partial charge in [0, 0.05) is 10.5 Å². The normalized spacial score (nSPS) is 11.3. The second-order valence-electron chi connectivity index (χ2n) is 3.05. The predicted octanol–water partition coefficient (Wildman–Crippen LogP) is 3.42. The third-order valence-electron chi connectivity index (χ3n) is 2.09. The summed E-state index contributed by atoms with van der Waals surface area (Å²) in [5.74, 6) is -0.310. The molecule has 2 nitrogen and oxygen atoms in total. The zero-order valence-corrected chi connectivity index (χ0v) is 10.4. The Hall–Kier alpha value is -1.09. The largest absolute Gasteiger partial charge is 0.466 e. The first-order chi connectivity index (χ1) is 7.17. The fraction of sp³-hybridized carbons (Fsp3) is 0.250. The number of allylic oxidation sites excluding steroid dienone is 1. The standard InChI is InChI=1S/C12H13BrO2/c1-3-9(8-12(14)15-2)10-4-6-11(13)7-5-10/h4-8H,3H2,1-2H3. The Morgan fingerprint density at radius 1 is 1.40 bits per heavy atom. The smallest absolute Gasteiger partial charge is 0.330 e. The summed E-state index contributed by atoms with van der Waals surface area (Å²) in [7, 11) is 1.38. The van der Waals surface area contributed by atoms with E-state index < -0.39 is 0 Å². The van der Waals surface area contributed by atoms with Crippen molar-refractivity contribution >= 4 is 27.5 Å². The first-order valence-corrected chi connectivity index (χ1v) is 5.51. The summed E-state index contributed by atoms with van der Waals surface area (Å²) < 4.78 is 5.63. The highest BCUT2D eigenvalue weighted by atomic mass is 79.9. The summed E-state index contributed by atoms with van der Waals surface area (Å²) in [4.78, 5) is 11.1. The van der Waals surface area contributed by atoms with Gasteiger partial charge in [0.2, 0.25) is 0 Å². The summed E-state index contributed by atoms with van der Waals surface area (Å²) in [5, 5.41) is 0. The molecule has 0 amide bonds. The van der Waals surface area contributed by atoms with Gasteiger partial charge in [-0.15, -0.1) is 0 Å². The topological polar surface area (TPSA) is 26.3 Å². The Bertz CT molecular complexity index is 366. The number of halogens is 1. The third-order valence-corrected chi connectivity index (χ3v) is 2.62. The van der Waals surface area contributed by atoms with Gasteiger partial charge in [0.05, 0.1) is 7.11 Å². The van der Waals surface area contributed by atoms with Crippen LogP contribution in [-0.4, -0.2) is 13.1 Å². The van der Waals surface area contributed by atoms with Gasteiger partial charge in [-0.2, -0.15) is 0 Å². The highest BCUT2D eigenvalue weighted by Crippen LogP contribution is 2.20. The number of hydrogen-bond donors (Lipinski definition) is 0. The number of ether oxygens (including phenoxy) is 1. The van der Waals surface area contributed by atoms with E-state index in [1.54, 1.807) is 0 Å². The van der Waals surface area contributed by atoms with Gasteiger partial charge in [-0.05, 0) is 29.7 Å². The van der Waals surface area contributed by atoms with Crippen LogP contribution in [0.2, 0.25) is 0 Å². The molecule has 0 spiro atoms. The lowest BCUT2D eigenvalue weighted by molar-refractivity contribution is -0.134. The van der Waals surface area contributed by atoms with Gasteiger partial charge in [-0.3, -0.25) is 0 Å². The Kier molecular flexibility index (Phi) is 4.56. The average molecular weight is 269 g/mol. The first-order valence-electron chi connectivity index (χ1n) is 4.71. The molecule has 0 atom stereocenters. The van der Waals surface area contributed by atoms with Crippen LogP contribution < -0.4 is 0 Å². The van der Waals surface area contributed by atoms with Gasteiger partial charge in [-0.25, -0.2) is 4.79 Å². The number of benzene rings is 1. The fourth-order valence-electron chi connectivity index (χ4n) is 1.25. The van der Waals surface area contributed by atoms with E-state index >= 15 is 0 Å². The molecular formula is C12H13BrO2. The van der Waals surface area contributed by atoms with Crippen molar-refractivity contribution in [3.8, 4) is 0 Å². The molecule has 0 bridgehead atoms. The van der Waals surface area contributed by atoms with E-state index in [4.69, 9.17) is 0 Å². The molecule has 3 heteroatoms. The van der Waals surface area contributed by atoms with E-state index in [1.165, 1.54) is 13.2 Å². The van der Waals surface area contributed by atoms with Crippen molar-refractivity contribution in [1.82, 2.24) is 0 Å². The second-order valence-corrected chi connectivity index (χ2v) is 3.97. The van der Waals surface area contributed by atoms with Crippen molar-refractivity contribution in [2.45, 2.75) is 13.3 Å². The second kappa shape index (κ2) is 5.71. The van der Waals surface area contributed by atoms with Gasteiger partial charge < -0.3 is 4.74 Å². The number of esters is 1. The van der Waals surface area contributed by atoms with Crippen molar-refractivity contribution in [1.29, 1.82) is 0 Å². The zero-order chi connectivity index (χ0) is 11.3. The lowest BCUT2D eigenvalue weighted by Gasteiger charge is -2.04. The Morgan fingerprint density at radius 3 is 2.47 bits per heavy atom. The minimum atomic E-state index is -0.310. The molecule has 0 fully saturated rings. The SMILES string of the molecule is CCC(=CC(=O)OC)c1ccc(Br)cc1. The highest BCUT2D eigenvalue weighted by Gasteiger charge is 2.02. The molecule has 0 heterocycles. The number of carbonyl (C=O) groups excluding carboxylic acids is 1. The van der Waals surface area contributed by atoms with E-state index in [0.29, 0.717) is 0 Å². The molecule has 0 N–H and O–H groups in total. The van der Waals surface area contributed by atoms with E-state index in [-0.39, 0.29) is 5.97 Å². The maximum absolute atomic E-state index is 11.1. The van der Waals surface area contributed by atoms with Gasteiger partial charge in [0.1, 0.15) is 0 Å². The zero-order valence-electron chi connectivity index (χ0n) is 8.79. The predicted molar refractivity (Wildman–Crippen MR) is 64.4 cm³/mol. The summed E-state index contributed by atoms with van der Waals surface area (Å²) >= 11 is 3.37. The Labute approximate surface area is 98.1 Å². The van der Waals surface area contributed by atoms with Gasteiger partial charge in [0.25, 0.3) is 0 Å². The van der Waals surface area contributed by atoms with Crippen LogP contribution in [-0.2, 0) is 9.53 Å². The lowest BCUT2D eigenvalue weighted by Crippen LogP contribution is -1.96. The number of hydrogen-bond acceptors (Lipinski definition) is 2. The highest BCUT2D eigenvalue weighted by molar-refractivity contribution is 9.10. The van der Waals surface area contributed by atoms with Gasteiger partial charge in [0.15, 0.2) is 0 Å². The molecule has 0 unspecified atom stereocenters. The molecule has 0 saturated heterocycles. The molecule has 0 saturated carbocycles. The van der Waals surface area contributed by atoms with Crippen LogP contribution in [0.25, 0.3) is 5.57 Å². The van der Waals surface area contributed by atoms with Gasteiger partial charge >= 0.3 is 5.97 Å². The summed E-state index contributed by atoms with van der Waals surface area (Å²) in [5.41, 5.74) is 2.03. The van der Waals surface area contributed by atoms with E-state index in [0.717, 1.165) is 22.0 Å². The van der Waals surface area contributed by atoms with E-state index in [1.807, 2.05) is 31.2 Å². The van der Waals surface area contributed by atoms with Crippen LogP contribution in [0.3, 0.4) is 0 Å². The van der Waals surface area contributed by atoms with Crippen molar-refractivity contribution in [3.05, 3.63) is 40.4 Å². The first kappa shape index (κ1) is 12.0. The maximum Gasteiger partial charge on any atom is 0.330 e. The molecule has 0 aromatic heterocycles. The molecule has 0 aliphatic heterocycles. The molecule has 1 rings (SSSR count).